The van der Waals surface area contributed by atoms with Gasteiger partial charge in [-0.1, -0.05) is 0 Å². The molecular weight excluding hydrogens is 210 g/mol. The molecule has 4 nitrogen and oxygen atoms in total. The van der Waals surface area contributed by atoms with Gasteiger partial charge >= 0.3 is 0 Å². The number of anilines is 1. The van der Waals surface area contributed by atoms with Crippen LogP contribution in [0.1, 0.15) is 5.56 Å². The molecule has 0 radical (unpaired) electrons. The third-order valence-electron chi connectivity index (χ3n) is 2.04. The van der Waals surface area contributed by atoms with E-state index in [1.807, 2.05) is 25.1 Å². The Morgan fingerprint density at radius 3 is 2.73 bits per heavy atom. The Hall–Kier alpha value is -1.20. The minimum absolute atomic E-state index is 0.477. The highest BCUT2D eigenvalue weighted by Gasteiger charge is 2.09. The van der Waals surface area contributed by atoms with Crippen LogP contribution < -0.4 is 17.2 Å². The summed E-state index contributed by atoms with van der Waals surface area (Å²) >= 11 is 1.50. The maximum atomic E-state index is 10.7. The minimum atomic E-state index is -0.604. The van der Waals surface area contributed by atoms with Crippen molar-refractivity contribution in [3.63, 3.8) is 0 Å². The van der Waals surface area contributed by atoms with Crippen LogP contribution in [-0.2, 0) is 4.79 Å². The summed E-state index contributed by atoms with van der Waals surface area (Å²) in [7, 11) is 0. The van der Waals surface area contributed by atoms with Gasteiger partial charge in [-0.15, -0.1) is 11.8 Å². The number of benzene rings is 1. The van der Waals surface area contributed by atoms with Crippen molar-refractivity contribution in [1.29, 1.82) is 0 Å². The number of amides is 1. The molecule has 1 amide bonds. The van der Waals surface area contributed by atoms with Gasteiger partial charge in [-0.3, -0.25) is 4.79 Å². The Bertz CT molecular complexity index is 368. The number of thioether (sulfide) groups is 1. The fourth-order valence-electron chi connectivity index (χ4n) is 1.01. The Kier molecular flexibility index (Phi) is 3.99. The maximum Gasteiger partial charge on any atom is 0.235 e. The molecule has 5 heteroatoms. The molecule has 1 aromatic rings. The zero-order valence-corrected chi connectivity index (χ0v) is 9.38. The van der Waals surface area contributed by atoms with Crippen LogP contribution in [0.25, 0.3) is 0 Å². The first kappa shape index (κ1) is 11.9. The van der Waals surface area contributed by atoms with E-state index in [1.165, 1.54) is 11.8 Å². The molecule has 1 atom stereocenters. The van der Waals surface area contributed by atoms with Crippen LogP contribution in [0.3, 0.4) is 0 Å². The maximum absolute atomic E-state index is 10.7. The number of carbonyl (C=O) groups is 1. The number of nitrogens with two attached hydrogens (primary N) is 3. The molecule has 0 saturated heterocycles. The fraction of sp³-hybridized carbons (Fsp3) is 0.300. The minimum Gasteiger partial charge on any atom is -0.399 e. The van der Waals surface area contributed by atoms with E-state index in [2.05, 4.69) is 0 Å². The predicted octanol–water partition coefficient (Wildman–Crippen LogP) is 0.482. The molecule has 0 bridgehead atoms. The summed E-state index contributed by atoms with van der Waals surface area (Å²) in [5, 5.41) is 0. The summed E-state index contributed by atoms with van der Waals surface area (Å²) in [6.07, 6.45) is 0. The number of hydrogen-bond acceptors (Lipinski definition) is 4. The van der Waals surface area contributed by atoms with Crippen LogP contribution in [0.5, 0.6) is 0 Å². The van der Waals surface area contributed by atoms with Gasteiger partial charge in [-0.2, -0.15) is 0 Å². The molecule has 1 unspecified atom stereocenters. The molecule has 0 aliphatic carbocycles. The van der Waals surface area contributed by atoms with Crippen molar-refractivity contribution in [3.05, 3.63) is 23.8 Å². The fourth-order valence-corrected chi connectivity index (χ4v) is 1.97. The summed E-state index contributed by atoms with van der Waals surface area (Å²) in [4.78, 5) is 11.7. The number of aryl methyl sites for hydroxylation is 1. The van der Waals surface area contributed by atoms with E-state index in [1.54, 1.807) is 0 Å². The summed E-state index contributed by atoms with van der Waals surface area (Å²) < 4.78 is 0. The van der Waals surface area contributed by atoms with Gasteiger partial charge in [-0.25, -0.2) is 0 Å². The molecule has 1 aromatic carbocycles. The van der Waals surface area contributed by atoms with Crippen LogP contribution in [0.2, 0.25) is 0 Å². The van der Waals surface area contributed by atoms with Crippen LogP contribution >= 0.6 is 11.8 Å². The van der Waals surface area contributed by atoms with Crippen LogP contribution in [-0.4, -0.2) is 17.7 Å². The quantitative estimate of drug-likeness (QED) is 0.513. The molecule has 0 saturated carbocycles. The molecule has 6 N–H and O–H groups in total. The Morgan fingerprint density at radius 2 is 2.20 bits per heavy atom. The molecule has 15 heavy (non-hydrogen) atoms. The van der Waals surface area contributed by atoms with Gasteiger partial charge in [0.15, 0.2) is 0 Å². The lowest BCUT2D eigenvalue weighted by molar-refractivity contribution is -0.118. The molecule has 0 spiro atoms. The number of carbonyl (C=O) groups excluding carboxylic acids is 1. The highest BCUT2D eigenvalue weighted by Crippen LogP contribution is 2.22. The monoisotopic (exact) mass is 225 g/mol. The summed E-state index contributed by atoms with van der Waals surface area (Å²) in [5.41, 5.74) is 18.0. The smallest absolute Gasteiger partial charge is 0.235 e. The van der Waals surface area contributed by atoms with Gasteiger partial charge in [0.25, 0.3) is 0 Å². The first-order valence-electron chi connectivity index (χ1n) is 4.54. The van der Waals surface area contributed by atoms with Crippen molar-refractivity contribution in [2.75, 3.05) is 11.5 Å². The van der Waals surface area contributed by atoms with E-state index in [-0.39, 0.29) is 0 Å². The van der Waals surface area contributed by atoms with Crippen molar-refractivity contribution >= 4 is 23.4 Å². The van der Waals surface area contributed by atoms with Gasteiger partial charge in [-0.05, 0) is 30.7 Å². The second-order valence-corrected chi connectivity index (χ2v) is 4.43. The number of primary amides is 1. The molecule has 0 aliphatic rings. The lowest BCUT2D eigenvalue weighted by Gasteiger charge is -2.08. The number of nitrogen functional groups attached to an aromatic ring is 1. The third kappa shape index (κ3) is 3.45. The van der Waals surface area contributed by atoms with Crippen molar-refractivity contribution in [2.45, 2.75) is 17.9 Å². The molecular formula is C10H15N3OS. The van der Waals surface area contributed by atoms with Crippen LogP contribution in [0, 0.1) is 6.92 Å². The van der Waals surface area contributed by atoms with Crippen molar-refractivity contribution in [1.82, 2.24) is 0 Å². The first-order chi connectivity index (χ1) is 7.00. The van der Waals surface area contributed by atoms with Gasteiger partial charge in [0, 0.05) is 16.3 Å². The number of rotatable bonds is 4. The van der Waals surface area contributed by atoms with Crippen molar-refractivity contribution in [2.24, 2.45) is 11.5 Å². The second kappa shape index (κ2) is 5.04. The second-order valence-electron chi connectivity index (χ2n) is 3.34. The van der Waals surface area contributed by atoms with Gasteiger partial charge in [0.2, 0.25) is 5.91 Å². The predicted molar refractivity (Wildman–Crippen MR) is 63.5 cm³/mol. The van der Waals surface area contributed by atoms with Crippen molar-refractivity contribution < 1.29 is 4.79 Å². The average Bonchev–Trinajstić information content (AvgIpc) is 2.19. The molecule has 1 rings (SSSR count). The molecule has 82 valence electrons. The normalized spacial score (nSPS) is 12.4. The van der Waals surface area contributed by atoms with Crippen LogP contribution in [0.4, 0.5) is 5.69 Å². The zero-order valence-electron chi connectivity index (χ0n) is 8.57. The summed E-state index contributed by atoms with van der Waals surface area (Å²) in [5.74, 6) is 0.00765. The lowest BCUT2D eigenvalue weighted by Crippen LogP contribution is -2.38. The topological polar surface area (TPSA) is 95.1 Å². The Labute approximate surface area is 93.2 Å². The van der Waals surface area contributed by atoms with E-state index in [0.717, 1.165) is 16.1 Å². The lowest BCUT2D eigenvalue weighted by atomic mass is 10.2. The molecule has 0 aromatic heterocycles. The van der Waals surface area contributed by atoms with E-state index in [4.69, 9.17) is 17.2 Å². The largest absolute Gasteiger partial charge is 0.399 e. The Balaban J connectivity index is 2.58. The van der Waals surface area contributed by atoms with E-state index in [0.29, 0.717) is 5.75 Å². The molecule has 0 heterocycles. The molecule has 0 aliphatic heterocycles. The summed E-state index contributed by atoms with van der Waals surface area (Å²) in [6, 6.07) is 5.11. The highest BCUT2D eigenvalue weighted by atomic mass is 32.2. The highest BCUT2D eigenvalue weighted by molar-refractivity contribution is 7.99. The van der Waals surface area contributed by atoms with Gasteiger partial charge in [0.1, 0.15) is 0 Å². The SMILES string of the molecule is Cc1cc(SCC(N)C(N)=O)ccc1N. The van der Waals surface area contributed by atoms with E-state index >= 15 is 0 Å². The standard InChI is InChI=1S/C10H15N3OS/c1-6-4-7(2-3-8(6)11)15-5-9(12)10(13)14/h2-4,9H,5,11-12H2,1H3,(H2,13,14). The van der Waals surface area contributed by atoms with Gasteiger partial charge < -0.3 is 17.2 Å². The van der Waals surface area contributed by atoms with Crippen LogP contribution in [0.15, 0.2) is 23.1 Å². The Morgan fingerprint density at radius 1 is 1.53 bits per heavy atom. The van der Waals surface area contributed by atoms with E-state index in [9.17, 15) is 4.79 Å². The van der Waals surface area contributed by atoms with E-state index < -0.39 is 11.9 Å². The average molecular weight is 225 g/mol. The zero-order chi connectivity index (χ0) is 11.4. The first-order valence-corrected chi connectivity index (χ1v) is 5.53. The van der Waals surface area contributed by atoms with Gasteiger partial charge in [0.05, 0.1) is 6.04 Å². The number of hydrogen-bond donors (Lipinski definition) is 3. The third-order valence-corrected chi connectivity index (χ3v) is 3.15. The van der Waals surface area contributed by atoms with Crippen molar-refractivity contribution in [3.8, 4) is 0 Å². The molecule has 0 fully saturated rings. The summed E-state index contributed by atoms with van der Waals surface area (Å²) in [6.45, 7) is 1.94.